The van der Waals surface area contributed by atoms with Gasteiger partial charge < -0.3 is 5.32 Å². The first-order valence-electron chi connectivity index (χ1n) is 7.98. The molecule has 9 nitrogen and oxygen atoms in total. The maximum atomic E-state index is 11.3. The summed E-state index contributed by atoms with van der Waals surface area (Å²) in [4.78, 5) is 14.7. The number of hydrogen-bond donors (Lipinski definition) is 2. The first kappa shape index (κ1) is 20.2. The van der Waals surface area contributed by atoms with Crippen LogP contribution in [0.2, 0.25) is 0 Å². The number of nitro groups is 1. The van der Waals surface area contributed by atoms with E-state index in [1.54, 1.807) is 17.5 Å². The number of thiazole rings is 1. The van der Waals surface area contributed by atoms with Gasteiger partial charge in [0.05, 0.1) is 15.5 Å². The second-order valence-corrected chi connectivity index (χ2v) is 8.14. The Kier molecular flexibility index (Phi) is 5.69. The van der Waals surface area contributed by atoms with Crippen LogP contribution in [0.15, 0.2) is 65.0 Å². The van der Waals surface area contributed by atoms with Crippen LogP contribution in [0.1, 0.15) is 5.01 Å². The predicted octanol–water partition coefficient (Wildman–Crippen LogP) is 3.34. The first-order chi connectivity index (χ1) is 13.8. The zero-order valence-electron chi connectivity index (χ0n) is 14.6. The van der Waals surface area contributed by atoms with Crippen LogP contribution >= 0.6 is 11.3 Å². The van der Waals surface area contributed by atoms with E-state index in [1.807, 2.05) is 0 Å². The fraction of sp³-hybridized carbons (Fsp3) is 0. The van der Waals surface area contributed by atoms with Crippen LogP contribution in [-0.4, -0.2) is 18.3 Å². The standard InChI is InChI=1S/C18H13N5O4S2/c19-9-13(10-21-14-3-7-16(8-4-14)29(20,26)27)18-22-17(11-28-18)12-1-5-15(6-2-12)23(24)25/h1-8,10-11,21H,(H2,20,26,27). The van der Waals surface area contributed by atoms with Crippen molar-refractivity contribution >= 4 is 38.3 Å². The van der Waals surface area contributed by atoms with Crippen molar-refractivity contribution in [1.29, 1.82) is 5.26 Å². The molecule has 146 valence electrons. The third-order valence-corrected chi connectivity index (χ3v) is 5.60. The maximum Gasteiger partial charge on any atom is 0.269 e. The van der Waals surface area contributed by atoms with Gasteiger partial charge in [-0.2, -0.15) is 5.26 Å². The summed E-state index contributed by atoms with van der Waals surface area (Å²) in [5.41, 5.74) is 2.12. The van der Waals surface area contributed by atoms with Crippen molar-refractivity contribution in [3.63, 3.8) is 0 Å². The maximum absolute atomic E-state index is 11.3. The molecule has 0 saturated heterocycles. The lowest BCUT2D eigenvalue weighted by Gasteiger charge is -2.03. The molecule has 0 unspecified atom stereocenters. The topological polar surface area (TPSA) is 152 Å². The van der Waals surface area contributed by atoms with Crippen LogP contribution in [0.3, 0.4) is 0 Å². The van der Waals surface area contributed by atoms with E-state index in [4.69, 9.17) is 5.14 Å². The zero-order chi connectivity index (χ0) is 21.0. The number of nitrogens with zero attached hydrogens (tertiary/aromatic N) is 3. The molecule has 0 fully saturated rings. The molecule has 3 aromatic rings. The van der Waals surface area contributed by atoms with Crippen LogP contribution in [0.5, 0.6) is 0 Å². The van der Waals surface area contributed by atoms with Crippen molar-refractivity contribution in [2.24, 2.45) is 5.14 Å². The van der Waals surface area contributed by atoms with Crippen molar-refractivity contribution in [3.05, 3.63) is 75.2 Å². The number of non-ortho nitro benzene ring substituents is 1. The lowest BCUT2D eigenvalue weighted by Crippen LogP contribution is -2.11. The molecule has 0 spiro atoms. The molecule has 0 radical (unpaired) electrons. The number of nitro benzene ring substituents is 1. The van der Waals surface area contributed by atoms with E-state index >= 15 is 0 Å². The van der Waals surface area contributed by atoms with E-state index in [2.05, 4.69) is 16.4 Å². The van der Waals surface area contributed by atoms with Gasteiger partial charge in [0.1, 0.15) is 16.6 Å². The summed E-state index contributed by atoms with van der Waals surface area (Å²) >= 11 is 1.26. The second kappa shape index (κ2) is 8.19. The fourth-order valence-electron chi connectivity index (χ4n) is 2.32. The van der Waals surface area contributed by atoms with Crippen LogP contribution in [-0.2, 0) is 10.0 Å². The van der Waals surface area contributed by atoms with Gasteiger partial charge in [0, 0.05) is 35.0 Å². The van der Waals surface area contributed by atoms with E-state index in [1.165, 1.54) is 53.9 Å². The number of nitrogens with one attached hydrogen (secondary N) is 1. The van der Waals surface area contributed by atoms with E-state index < -0.39 is 14.9 Å². The summed E-state index contributed by atoms with van der Waals surface area (Å²) in [6.07, 6.45) is 1.46. The molecule has 0 amide bonds. The Morgan fingerprint density at radius 3 is 2.41 bits per heavy atom. The molecule has 3 rings (SSSR count). The minimum absolute atomic E-state index is 0.0137. The number of primary sulfonamides is 1. The van der Waals surface area contributed by atoms with E-state index in [9.17, 15) is 23.8 Å². The zero-order valence-corrected chi connectivity index (χ0v) is 16.3. The van der Waals surface area contributed by atoms with E-state index in [0.29, 0.717) is 22.0 Å². The highest BCUT2D eigenvalue weighted by Crippen LogP contribution is 2.27. The molecule has 1 heterocycles. The Morgan fingerprint density at radius 2 is 1.86 bits per heavy atom. The molecule has 1 aromatic heterocycles. The van der Waals surface area contributed by atoms with Gasteiger partial charge in [0.2, 0.25) is 10.0 Å². The number of nitrogens with two attached hydrogens (primary N) is 1. The smallest absolute Gasteiger partial charge is 0.269 e. The van der Waals surface area contributed by atoms with Gasteiger partial charge in [-0.05, 0) is 36.4 Å². The molecule has 0 atom stereocenters. The predicted molar refractivity (Wildman–Crippen MR) is 109 cm³/mol. The lowest BCUT2D eigenvalue weighted by atomic mass is 10.1. The summed E-state index contributed by atoms with van der Waals surface area (Å²) in [5.74, 6) is 0. The van der Waals surface area contributed by atoms with E-state index in [0.717, 1.165) is 0 Å². The molecule has 2 aromatic carbocycles. The molecule has 0 aliphatic carbocycles. The highest BCUT2D eigenvalue weighted by Gasteiger charge is 2.11. The Bertz CT molecular complexity index is 1220. The Labute approximate surface area is 170 Å². The second-order valence-electron chi connectivity index (χ2n) is 5.73. The summed E-state index contributed by atoms with van der Waals surface area (Å²) in [5, 5.41) is 30.4. The van der Waals surface area contributed by atoms with Crippen LogP contribution < -0.4 is 10.5 Å². The average molecular weight is 427 g/mol. The van der Waals surface area contributed by atoms with E-state index in [-0.39, 0.29) is 16.2 Å². The minimum atomic E-state index is -3.77. The number of rotatable bonds is 6. The number of hydrogen-bond acceptors (Lipinski definition) is 8. The van der Waals surface area contributed by atoms with Gasteiger partial charge >= 0.3 is 0 Å². The molecule has 0 aliphatic rings. The number of aromatic nitrogens is 1. The van der Waals surface area contributed by atoms with Gasteiger partial charge in [-0.1, -0.05) is 0 Å². The molecule has 0 saturated carbocycles. The minimum Gasteiger partial charge on any atom is -0.360 e. The summed E-state index contributed by atoms with van der Waals surface area (Å²) in [6, 6.07) is 13.8. The summed E-state index contributed by atoms with van der Waals surface area (Å²) in [6.45, 7) is 0. The fourth-order valence-corrected chi connectivity index (χ4v) is 3.63. The average Bonchev–Trinajstić information content (AvgIpc) is 3.18. The highest BCUT2D eigenvalue weighted by atomic mass is 32.2. The quantitative estimate of drug-likeness (QED) is 0.347. The molecular weight excluding hydrogens is 414 g/mol. The third kappa shape index (κ3) is 4.82. The van der Waals surface area contributed by atoms with Crippen molar-refractivity contribution in [3.8, 4) is 17.3 Å². The normalized spacial score (nSPS) is 11.7. The molecule has 0 bridgehead atoms. The molecular formula is C18H13N5O4S2. The van der Waals surface area contributed by atoms with Crippen molar-refractivity contribution in [2.45, 2.75) is 4.90 Å². The first-order valence-corrected chi connectivity index (χ1v) is 10.4. The molecule has 0 aliphatic heterocycles. The van der Waals surface area contributed by atoms with Crippen molar-refractivity contribution < 1.29 is 13.3 Å². The van der Waals surface area contributed by atoms with Crippen LogP contribution in [0.4, 0.5) is 11.4 Å². The Balaban J connectivity index is 1.78. The molecule has 11 heteroatoms. The molecule has 3 N–H and O–H groups in total. The number of nitriles is 1. The van der Waals surface area contributed by atoms with Crippen molar-refractivity contribution in [1.82, 2.24) is 4.98 Å². The SMILES string of the molecule is N#CC(=CNc1ccc(S(N)(=O)=O)cc1)c1nc(-c2ccc([N+](=O)[O-])cc2)cs1. The molecule has 29 heavy (non-hydrogen) atoms. The summed E-state index contributed by atoms with van der Waals surface area (Å²) in [7, 11) is -3.77. The van der Waals surface area contributed by atoms with Crippen LogP contribution in [0, 0.1) is 21.4 Å². The monoisotopic (exact) mass is 427 g/mol. The van der Waals surface area contributed by atoms with Gasteiger partial charge in [0.25, 0.3) is 5.69 Å². The van der Waals surface area contributed by atoms with Gasteiger partial charge in [-0.3, -0.25) is 10.1 Å². The van der Waals surface area contributed by atoms with Gasteiger partial charge in [-0.25, -0.2) is 18.5 Å². The third-order valence-electron chi connectivity index (χ3n) is 3.79. The number of allylic oxidation sites excluding steroid dienone is 1. The van der Waals surface area contributed by atoms with Gasteiger partial charge in [-0.15, -0.1) is 11.3 Å². The summed E-state index contributed by atoms with van der Waals surface area (Å²) < 4.78 is 22.5. The lowest BCUT2D eigenvalue weighted by molar-refractivity contribution is -0.384. The number of sulfonamides is 1. The van der Waals surface area contributed by atoms with Crippen molar-refractivity contribution in [2.75, 3.05) is 5.32 Å². The largest absolute Gasteiger partial charge is 0.360 e. The highest BCUT2D eigenvalue weighted by molar-refractivity contribution is 7.89. The number of anilines is 1. The Hall–Kier alpha value is -3.59. The van der Waals surface area contributed by atoms with Gasteiger partial charge in [0.15, 0.2) is 0 Å². The Morgan fingerprint density at radius 1 is 1.21 bits per heavy atom. The van der Waals surface area contributed by atoms with Crippen LogP contribution in [0.25, 0.3) is 16.8 Å². The number of benzene rings is 2.